The van der Waals surface area contributed by atoms with Crippen molar-refractivity contribution in [1.29, 1.82) is 0 Å². The summed E-state index contributed by atoms with van der Waals surface area (Å²) in [6.07, 6.45) is 0.389. The van der Waals surface area contributed by atoms with Crippen LogP contribution in [-0.2, 0) is 20.2 Å². The molecule has 0 aromatic heterocycles. The molecule has 2 aromatic rings. The van der Waals surface area contributed by atoms with Gasteiger partial charge in [-0.2, -0.15) is 4.31 Å². The fraction of sp³-hybridized carbons (Fsp3) is 0.250. The van der Waals surface area contributed by atoms with Crippen molar-refractivity contribution in [3.05, 3.63) is 71.8 Å². The zero-order chi connectivity index (χ0) is 18.5. The summed E-state index contributed by atoms with van der Waals surface area (Å²) in [7, 11) is -3.61. The minimum absolute atomic E-state index is 0.115. The van der Waals surface area contributed by atoms with Crippen molar-refractivity contribution >= 4 is 21.6 Å². The SMILES string of the molecule is C=C1CN(S(=O)(=O)c2ccc(C)cc2)CCC12C(=O)Nc1ccccc12. The van der Waals surface area contributed by atoms with Crippen LogP contribution < -0.4 is 5.32 Å². The molecule has 5 nitrogen and oxygen atoms in total. The number of aryl methyl sites for hydroxylation is 1. The van der Waals surface area contributed by atoms with Crippen LogP contribution in [0.25, 0.3) is 0 Å². The molecule has 1 fully saturated rings. The van der Waals surface area contributed by atoms with E-state index in [1.54, 1.807) is 24.3 Å². The van der Waals surface area contributed by atoms with E-state index in [0.717, 1.165) is 16.8 Å². The van der Waals surface area contributed by atoms with Gasteiger partial charge in [0.1, 0.15) is 0 Å². The molecular weight excluding hydrogens is 348 g/mol. The number of benzene rings is 2. The van der Waals surface area contributed by atoms with Gasteiger partial charge in [0.2, 0.25) is 15.9 Å². The lowest BCUT2D eigenvalue weighted by atomic mass is 9.71. The highest BCUT2D eigenvalue weighted by Gasteiger charge is 2.52. The van der Waals surface area contributed by atoms with E-state index in [2.05, 4.69) is 11.9 Å². The van der Waals surface area contributed by atoms with E-state index in [1.165, 1.54) is 4.31 Å². The predicted molar refractivity (Wildman–Crippen MR) is 100 cm³/mol. The largest absolute Gasteiger partial charge is 0.325 e. The van der Waals surface area contributed by atoms with E-state index in [-0.39, 0.29) is 23.9 Å². The number of rotatable bonds is 2. The molecular formula is C20H20N2O3S. The Bertz CT molecular complexity index is 1010. The van der Waals surface area contributed by atoms with Gasteiger partial charge >= 0.3 is 0 Å². The molecule has 0 aliphatic carbocycles. The van der Waals surface area contributed by atoms with Crippen molar-refractivity contribution in [3.63, 3.8) is 0 Å². The Balaban J connectivity index is 1.67. The Hall–Kier alpha value is -2.44. The van der Waals surface area contributed by atoms with Gasteiger partial charge < -0.3 is 5.32 Å². The summed E-state index contributed by atoms with van der Waals surface area (Å²) in [6.45, 7) is 6.43. The summed E-state index contributed by atoms with van der Waals surface area (Å²) in [4.78, 5) is 13.0. The zero-order valence-corrected chi connectivity index (χ0v) is 15.3. The molecule has 1 saturated heterocycles. The van der Waals surface area contributed by atoms with Crippen molar-refractivity contribution in [2.75, 3.05) is 18.4 Å². The molecule has 1 amide bonds. The topological polar surface area (TPSA) is 66.5 Å². The molecule has 134 valence electrons. The fourth-order valence-electron chi connectivity index (χ4n) is 3.88. The smallest absolute Gasteiger partial charge is 0.243 e. The van der Waals surface area contributed by atoms with Crippen LogP contribution in [0.3, 0.4) is 0 Å². The second kappa shape index (κ2) is 5.79. The quantitative estimate of drug-likeness (QED) is 0.829. The molecule has 2 aromatic carbocycles. The maximum atomic E-state index is 13.0. The molecule has 6 heteroatoms. The van der Waals surface area contributed by atoms with Gasteiger partial charge in [-0.3, -0.25) is 4.79 Å². The molecule has 1 N–H and O–H groups in total. The fourth-order valence-corrected chi connectivity index (χ4v) is 5.31. The Morgan fingerprint density at radius 2 is 1.81 bits per heavy atom. The van der Waals surface area contributed by atoms with E-state index in [1.807, 2.05) is 31.2 Å². The number of anilines is 1. The molecule has 1 unspecified atom stereocenters. The summed E-state index contributed by atoms with van der Waals surface area (Å²) in [5, 5.41) is 2.91. The molecule has 1 atom stereocenters. The van der Waals surface area contributed by atoms with Gasteiger partial charge in [-0.25, -0.2) is 8.42 Å². The van der Waals surface area contributed by atoms with Gasteiger partial charge in [0, 0.05) is 18.8 Å². The summed E-state index contributed by atoms with van der Waals surface area (Å²) in [5.41, 5.74) is 2.46. The van der Waals surface area contributed by atoms with Crippen LogP contribution in [0, 0.1) is 6.92 Å². The van der Waals surface area contributed by atoms with E-state index in [9.17, 15) is 13.2 Å². The number of para-hydroxylation sites is 1. The Kier molecular flexibility index (Phi) is 3.78. The predicted octanol–water partition coefficient (Wildman–Crippen LogP) is 2.84. The highest BCUT2D eigenvalue weighted by molar-refractivity contribution is 7.89. The number of sulfonamides is 1. The van der Waals surface area contributed by atoms with Crippen molar-refractivity contribution < 1.29 is 13.2 Å². The first kappa shape index (κ1) is 17.0. The first-order valence-corrected chi connectivity index (χ1v) is 9.96. The van der Waals surface area contributed by atoms with Crippen LogP contribution in [-0.4, -0.2) is 31.7 Å². The Morgan fingerprint density at radius 3 is 2.50 bits per heavy atom. The highest BCUT2D eigenvalue weighted by Crippen LogP contribution is 2.47. The second-order valence-electron chi connectivity index (χ2n) is 6.91. The lowest BCUT2D eigenvalue weighted by molar-refractivity contribution is -0.120. The number of fused-ring (bicyclic) bond motifs is 2. The summed E-state index contributed by atoms with van der Waals surface area (Å²) in [6, 6.07) is 14.4. The average Bonchev–Trinajstić information content (AvgIpc) is 2.90. The molecule has 2 heterocycles. The monoisotopic (exact) mass is 368 g/mol. The van der Waals surface area contributed by atoms with Gasteiger partial charge in [-0.15, -0.1) is 0 Å². The number of carbonyl (C=O) groups excluding carboxylic acids is 1. The number of nitrogens with zero attached hydrogens (tertiary/aromatic N) is 1. The number of piperidine rings is 1. The van der Waals surface area contributed by atoms with Crippen LogP contribution in [0.15, 0.2) is 65.6 Å². The Morgan fingerprint density at radius 1 is 1.12 bits per heavy atom. The van der Waals surface area contributed by atoms with Crippen molar-refractivity contribution in [2.45, 2.75) is 23.7 Å². The van der Waals surface area contributed by atoms with Gasteiger partial charge in [0.25, 0.3) is 0 Å². The first-order chi connectivity index (χ1) is 12.4. The molecule has 2 aliphatic heterocycles. The van der Waals surface area contributed by atoms with Gasteiger partial charge in [-0.1, -0.05) is 42.5 Å². The number of amides is 1. The molecule has 2 aliphatic rings. The van der Waals surface area contributed by atoms with Crippen LogP contribution in [0.4, 0.5) is 5.69 Å². The number of carbonyl (C=O) groups is 1. The summed E-state index contributed by atoms with van der Waals surface area (Å²) >= 11 is 0. The van der Waals surface area contributed by atoms with Crippen LogP contribution in [0.5, 0.6) is 0 Å². The zero-order valence-electron chi connectivity index (χ0n) is 14.5. The molecule has 0 radical (unpaired) electrons. The molecule has 26 heavy (non-hydrogen) atoms. The third kappa shape index (κ3) is 2.33. The van der Waals surface area contributed by atoms with Crippen molar-refractivity contribution in [1.82, 2.24) is 4.31 Å². The number of hydrogen-bond donors (Lipinski definition) is 1. The Labute approximate surface area is 153 Å². The summed E-state index contributed by atoms with van der Waals surface area (Å²) < 4.78 is 27.3. The van der Waals surface area contributed by atoms with Gasteiger partial charge in [0.15, 0.2) is 0 Å². The summed E-state index contributed by atoms with van der Waals surface area (Å²) in [5.74, 6) is -0.115. The molecule has 0 saturated carbocycles. The van der Waals surface area contributed by atoms with E-state index >= 15 is 0 Å². The molecule has 4 rings (SSSR count). The lowest BCUT2D eigenvalue weighted by Crippen LogP contribution is -2.49. The number of hydrogen-bond acceptors (Lipinski definition) is 3. The van der Waals surface area contributed by atoms with Crippen molar-refractivity contribution in [3.8, 4) is 0 Å². The van der Waals surface area contributed by atoms with E-state index < -0.39 is 15.4 Å². The third-order valence-corrected chi connectivity index (χ3v) is 7.25. The highest BCUT2D eigenvalue weighted by atomic mass is 32.2. The standard InChI is InChI=1S/C20H20N2O3S/c1-14-7-9-16(10-8-14)26(24,25)22-12-11-20(15(2)13-22)17-5-3-4-6-18(17)21-19(20)23/h3-10H,2,11-13H2,1H3,(H,21,23). The number of nitrogens with one attached hydrogen (secondary N) is 1. The van der Waals surface area contributed by atoms with Crippen LogP contribution >= 0.6 is 0 Å². The average molecular weight is 368 g/mol. The maximum absolute atomic E-state index is 13.0. The third-order valence-electron chi connectivity index (χ3n) is 5.39. The maximum Gasteiger partial charge on any atom is 0.243 e. The van der Waals surface area contributed by atoms with E-state index in [4.69, 9.17) is 0 Å². The minimum atomic E-state index is -3.61. The van der Waals surface area contributed by atoms with Crippen LogP contribution in [0.2, 0.25) is 0 Å². The van der Waals surface area contributed by atoms with Crippen LogP contribution in [0.1, 0.15) is 17.5 Å². The molecule has 0 bridgehead atoms. The van der Waals surface area contributed by atoms with E-state index in [0.29, 0.717) is 12.0 Å². The first-order valence-electron chi connectivity index (χ1n) is 8.52. The minimum Gasteiger partial charge on any atom is -0.325 e. The second-order valence-corrected chi connectivity index (χ2v) is 8.85. The van der Waals surface area contributed by atoms with Crippen molar-refractivity contribution in [2.24, 2.45) is 0 Å². The molecule has 1 spiro atoms. The normalized spacial score (nSPS) is 23.1. The van der Waals surface area contributed by atoms with Gasteiger partial charge in [0.05, 0.1) is 10.3 Å². The lowest BCUT2D eigenvalue weighted by Gasteiger charge is -2.39. The van der Waals surface area contributed by atoms with Gasteiger partial charge in [-0.05, 0) is 42.7 Å².